The van der Waals surface area contributed by atoms with E-state index in [1.165, 1.54) is 0 Å². The summed E-state index contributed by atoms with van der Waals surface area (Å²) in [6, 6.07) is 22.6. The molecule has 6 heteroatoms. The lowest BCUT2D eigenvalue weighted by molar-refractivity contribution is -0.116. The van der Waals surface area contributed by atoms with Crippen molar-refractivity contribution in [1.29, 1.82) is 0 Å². The van der Waals surface area contributed by atoms with Gasteiger partial charge in [-0.3, -0.25) is 4.79 Å². The number of para-hydroxylation sites is 1. The number of fused-ring (bicyclic) bond motifs is 1. The van der Waals surface area contributed by atoms with Crippen LogP contribution in [0.15, 0.2) is 72.8 Å². The van der Waals surface area contributed by atoms with Gasteiger partial charge in [0, 0.05) is 18.2 Å². The lowest BCUT2D eigenvalue weighted by atomic mass is 9.75. The van der Waals surface area contributed by atoms with Gasteiger partial charge in [0.15, 0.2) is 0 Å². The second-order valence-corrected chi connectivity index (χ2v) is 6.64. The minimum absolute atomic E-state index is 0.0946. The van der Waals surface area contributed by atoms with Gasteiger partial charge in [0.25, 0.3) is 0 Å². The van der Waals surface area contributed by atoms with Crippen LogP contribution in [0.4, 0.5) is 5.69 Å². The highest BCUT2D eigenvalue weighted by molar-refractivity contribution is 6.62. The van der Waals surface area contributed by atoms with Crippen molar-refractivity contribution in [2.24, 2.45) is 0 Å². The number of ether oxygens (including phenoxy) is 1. The minimum Gasteiger partial charge on any atom is -0.457 e. The summed E-state index contributed by atoms with van der Waals surface area (Å²) < 4.78 is 11.1. The van der Waals surface area contributed by atoms with Crippen molar-refractivity contribution >= 4 is 24.2 Å². The van der Waals surface area contributed by atoms with E-state index in [1.807, 2.05) is 66.7 Å². The molecule has 0 spiro atoms. The van der Waals surface area contributed by atoms with Gasteiger partial charge >= 0.3 is 7.12 Å². The zero-order chi connectivity index (χ0) is 19.3. The molecule has 2 N–H and O–H groups in total. The Bertz CT molecular complexity index is 977. The Kier molecular flexibility index (Phi) is 5.42. The van der Waals surface area contributed by atoms with E-state index >= 15 is 0 Å². The van der Waals surface area contributed by atoms with Crippen LogP contribution in [0.1, 0.15) is 17.5 Å². The van der Waals surface area contributed by atoms with Gasteiger partial charge in [-0.15, -0.1) is 0 Å². The Morgan fingerprint density at radius 2 is 1.82 bits per heavy atom. The van der Waals surface area contributed by atoms with Gasteiger partial charge in [0.05, 0.1) is 6.61 Å². The second-order valence-electron chi connectivity index (χ2n) is 6.64. The largest absolute Gasteiger partial charge is 0.492 e. The second kappa shape index (κ2) is 8.29. The molecule has 1 aliphatic rings. The number of amides is 1. The predicted molar refractivity (Wildman–Crippen MR) is 109 cm³/mol. The quantitative estimate of drug-likeness (QED) is 0.651. The third kappa shape index (κ3) is 4.25. The van der Waals surface area contributed by atoms with Crippen molar-refractivity contribution in [3.63, 3.8) is 0 Å². The molecular formula is C22H20BNO4. The maximum absolute atomic E-state index is 12.4. The number of rotatable bonds is 6. The molecule has 1 heterocycles. The minimum atomic E-state index is -0.902. The zero-order valence-corrected chi connectivity index (χ0v) is 15.3. The standard InChI is InChI=1S/C22H20BNO4/c25-21(13-12-16-6-4-7-17-15-27-23(26)22(16)17)24-18-8-5-11-20(14-18)28-19-9-2-1-3-10-19/h1-11,14,26H,12-13,15H2,(H,24,25). The topological polar surface area (TPSA) is 67.8 Å². The molecule has 1 aliphatic heterocycles. The van der Waals surface area contributed by atoms with Crippen LogP contribution in [0.3, 0.4) is 0 Å². The first-order valence-corrected chi connectivity index (χ1v) is 9.22. The van der Waals surface area contributed by atoms with Gasteiger partial charge in [0.2, 0.25) is 5.91 Å². The van der Waals surface area contributed by atoms with Crippen LogP contribution in [0.5, 0.6) is 11.5 Å². The molecule has 0 saturated heterocycles. The number of carbonyl (C=O) groups is 1. The van der Waals surface area contributed by atoms with Crippen LogP contribution in [0, 0.1) is 0 Å². The highest BCUT2D eigenvalue weighted by Crippen LogP contribution is 2.24. The SMILES string of the molecule is O=C(CCc1cccc2c1B(O)OC2)Nc1cccc(Oc2ccccc2)c1. The number of hydrogen-bond acceptors (Lipinski definition) is 4. The maximum Gasteiger partial charge on any atom is 0.492 e. The number of hydrogen-bond donors (Lipinski definition) is 2. The summed E-state index contributed by atoms with van der Waals surface area (Å²) in [4.78, 5) is 12.4. The predicted octanol–water partition coefficient (Wildman–Crippen LogP) is 3.27. The summed E-state index contributed by atoms with van der Waals surface area (Å²) in [6.45, 7) is 0.407. The van der Waals surface area contributed by atoms with Gasteiger partial charge in [-0.05, 0) is 47.3 Å². The van der Waals surface area contributed by atoms with E-state index in [-0.39, 0.29) is 5.91 Å². The Balaban J connectivity index is 1.37. The van der Waals surface area contributed by atoms with Crippen LogP contribution < -0.4 is 15.5 Å². The highest BCUT2D eigenvalue weighted by Gasteiger charge is 2.29. The molecule has 140 valence electrons. The van der Waals surface area contributed by atoms with Gasteiger partial charge in [-0.25, -0.2) is 0 Å². The summed E-state index contributed by atoms with van der Waals surface area (Å²) in [5.74, 6) is 1.30. The van der Waals surface area contributed by atoms with E-state index in [0.717, 1.165) is 22.3 Å². The molecule has 0 atom stereocenters. The summed E-state index contributed by atoms with van der Waals surface area (Å²) in [6.07, 6.45) is 0.850. The first-order valence-electron chi connectivity index (χ1n) is 9.22. The highest BCUT2D eigenvalue weighted by atomic mass is 16.5. The maximum atomic E-state index is 12.4. The number of aryl methyl sites for hydroxylation is 1. The fraction of sp³-hybridized carbons (Fsp3) is 0.136. The van der Waals surface area contributed by atoms with Crippen molar-refractivity contribution in [2.45, 2.75) is 19.4 Å². The third-order valence-corrected chi connectivity index (χ3v) is 4.65. The van der Waals surface area contributed by atoms with E-state index in [0.29, 0.717) is 30.9 Å². The first-order chi connectivity index (χ1) is 13.7. The molecule has 0 bridgehead atoms. The summed E-state index contributed by atoms with van der Waals surface area (Å²) in [5, 5.41) is 12.9. The van der Waals surface area contributed by atoms with Crippen LogP contribution in [-0.4, -0.2) is 18.0 Å². The number of benzene rings is 3. The van der Waals surface area contributed by atoms with Crippen molar-refractivity contribution in [3.8, 4) is 11.5 Å². The Labute approximate surface area is 164 Å². The van der Waals surface area contributed by atoms with E-state index in [4.69, 9.17) is 9.39 Å². The Morgan fingerprint density at radius 3 is 2.68 bits per heavy atom. The molecule has 0 aromatic heterocycles. The molecule has 0 radical (unpaired) electrons. The van der Waals surface area contributed by atoms with E-state index < -0.39 is 7.12 Å². The Morgan fingerprint density at radius 1 is 1.04 bits per heavy atom. The van der Waals surface area contributed by atoms with Gasteiger partial charge < -0.3 is 19.7 Å². The van der Waals surface area contributed by atoms with Crippen molar-refractivity contribution in [1.82, 2.24) is 0 Å². The van der Waals surface area contributed by atoms with Gasteiger partial charge in [0.1, 0.15) is 11.5 Å². The van der Waals surface area contributed by atoms with E-state index in [2.05, 4.69) is 5.32 Å². The fourth-order valence-electron chi connectivity index (χ4n) is 3.31. The average Bonchev–Trinajstić information content (AvgIpc) is 3.09. The van der Waals surface area contributed by atoms with E-state index in [1.54, 1.807) is 6.07 Å². The normalized spacial score (nSPS) is 12.5. The molecule has 4 rings (SSSR count). The molecule has 0 unspecified atom stereocenters. The molecule has 0 aliphatic carbocycles. The number of anilines is 1. The van der Waals surface area contributed by atoms with Crippen LogP contribution in [0.2, 0.25) is 0 Å². The van der Waals surface area contributed by atoms with Crippen LogP contribution >= 0.6 is 0 Å². The molecule has 5 nitrogen and oxygen atoms in total. The van der Waals surface area contributed by atoms with Crippen LogP contribution in [0.25, 0.3) is 0 Å². The molecule has 0 fully saturated rings. The summed E-state index contributed by atoms with van der Waals surface area (Å²) in [7, 11) is -0.902. The molecule has 28 heavy (non-hydrogen) atoms. The lowest BCUT2D eigenvalue weighted by Crippen LogP contribution is -2.31. The number of nitrogens with one attached hydrogen (secondary N) is 1. The molecular weight excluding hydrogens is 353 g/mol. The van der Waals surface area contributed by atoms with Crippen molar-refractivity contribution in [3.05, 3.63) is 83.9 Å². The third-order valence-electron chi connectivity index (χ3n) is 4.65. The fourth-order valence-corrected chi connectivity index (χ4v) is 3.31. The Hall–Kier alpha value is -3.09. The first kappa shape index (κ1) is 18.3. The van der Waals surface area contributed by atoms with Gasteiger partial charge in [-0.1, -0.05) is 42.5 Å². The van der Waals surface area contributed by atoms with Crippen molar-refractivity contribution < 1.29 is 19.2 Å². The lowest BCUT2D eigenvalue weighted by Gasteiger charge is -2.10. The average molecular weight is 373 g/mol. The van der Waals surface area contributed by atoms with Crippen molar-refractivity contribution in [2.75, 3.05) is 5.32 Å². The zero-order valence-electron chi connectivity index (χ0n) is 15.3. The number of carbonyl (C=O) groups excluding carboxylic acids is 1. The molecule has 0 saturated carbocycles. The van der Waals surface area contributed by atoms with E-state index in [9.17, 15) is 9.82 Å². The summed E-state index contributed by atoms with van der Waals surface area (Å²) in [5.41, 5.74) is 3.41. The summed E-state index contributed by atoms with van der Waals surface area (Å²) >= 11 is 0. The molecule has 3 aromatic carbocycles. The van der Waals surface area contributed by atoms with Gasteiger partial charge in [-0.2, -0.15) is 0 Å². The van der Waals surface area contributed by atoms with Crippen LogP contribution in [-0.2, 0) is 22.5 Å². The molecule has 1 amide bonds. The monoisotopic (exact) mass is 373 g/mol. The molecule has 3 aromatic rings. The smallest absolute Gasteiger partial charge is 0.457 e.